The van der Waals surface area contributed by atoms with E-state index < -0.39 is 0 Å². The maximum atomic E-state index is 11.9. The third kappa shape index (κ3) is 3.85. The second kappa shape index (κ2) is 6.78. The van der Waals surface area contributed by atoms with E-state index in [0.29, 0.717) is 6.54 Å². The van der Waals surface area contributed by atoms with E-state index in [2.05, 4.69) is 10.2 Å². The van der Waals surface area contributed by atoms with Gasteiger partial charge in [0.15, 0.2) is 0 Å². The predicted molar refractivity (Wildman–Crippen MR) is 78.8 cm³/mol. The van der Waals surface area contributed by atoms with E-state index >= 15 is 0 Å². The van der Waals surface area contributed by atoms with Gasteiger partial charge in [-0.15, -0.1) is 0 Å². The van der Waals surface area contributed by atoms with E-state index in [4.69, 9.17) is 11.6 Å². The fourth-order valence-electron chi connectivity index (χ4n) is 2.21. The van der Waals surface area contributed by atoms with Crippen molar-refractivity contribution in [1.29, 1.82) is 0 Å². The van der Waals surface area contributed by atoms with E-state index in [0.717, 1.165) is 37.7 Å². The third-order valence-corrected chi connectivity index (χ3v) is 3.60. The first-order valence-corrected chi connectivity index (χ1v) is 7.07. The summed E-state index contributed by atoms with van der Waals surface area (Å²) in [4.78, 5) is 16.1. The summed E-state index contributed by atoms with van der Waals surface area (Å²) < 4.78 is 0. The van der Waals surface area contributed by atoms with Crippen LogP contribution in [0.5, 0.6) is 0 Å². The normalized spacial score (nSPS) is 15.7. The van der Waals surface area contributed by atoms with Gasteiger partial charge < -0.3 is 15.1 Å². The Morgan fingerprint density at radius 3 is 2.42 bits per heavy atom. The van der Waals surface area contributed by atoms with E-state index in [1.807, 2.05) is 36.1 Å². The smallest absolute Gasteiger partial charge is 0.236 e. The highest BCUT2D eigenvalue weighted by atomic mass is 35.5. The van der Waals surface area contributed by atoms with Crippen LogP contribution in [-0.2, 0) is 4.79 Å². The number of benzene rings is 1. The highest BCUT2D eigenvalue weighted by Crippen LogP contribution is 2.19. The third-order valence-electron chi connectivity index (χ3n) is 3.35. The number of carbonyl (C=O) groups is 1. The van der Waals surface area contributed by atoms with Crippen LogP contribution in [0.15, 0.2) is 24.3 Å². The molecule has 104 valence electrons. The standard InChI is InChI=1S/C14H20ClN3O/c1-2-16-11-14(19)18-9-7-17(8-10-18)13-5-3-12(15)4-6-13/h3-6,16H,2,7-11H2,1H3. The van der Waals surface area contributed by atoms with Crippen molar-refractivity contribution in [3.63, 3.8) is 0 Å². The first kappa shape index (κ1) is 14.2. The van der Waals surface area contributed by atoms with E-state index in [1.165, 1.54) is 5.69 Å². The van der Waals surface area contributed by atoms with Crippen molar-refractivity contribution in [2.24, 2.45) is 0 Å². The molecule has 1 fully saturated rings. The van der Waals surface area contributed by atoms with Crippen molar-refractivity contribution in [3.05, 3.63) is 29.3 Å². The van der Waals surface area contributed by atoms with Crippen molar-refractivity contribution >= 4 is 23.2 Å². The molecule has 1 saturated heterocycles. The van der Waals surface area contributed by atoms with Gasteiger partial charge in [-0.05, 0) is 30.8 Å². The minimum atomic E-state index is 0.192. The van der Waals surface area contributed by atoms with Gasteiger partial charge in [-0.1, -0.05) is 18.5 Å². The van der Waals surface area contributed by atoms with E-state index in [-0.39, 0.29) is 5.91 Å². The fraction of sp³-hybridized carbons (Fsp3) is 0.500. The fourth-order valence-corrected chi connectivity index (χ4v) is 2.34. The minimum absolute atomic E-state index is 0.192. The summed E-state index contributed by atoms with van der Waals surface area (Å²) in [7, 11) is 0. The molecule has 1 N–H and O–H groups in total. The minimum Gasteiger partial charge on any atom is -0.368 e. The molecule has 4 nitrogen and oxygen atoms in total. The maximum Gasteiger partial charge on any atom is 0.236 e. The lowest BCUT2D eigenvalue weighted by Crippen LogP contribution is -2.50. The number of carbonyl (C=O) groups excluding carboxylic acids is 1. The molecule has 1 amide bonds. The number of nitrogens with zero attached hydrogens (tertiary/aromatic N) is 2. The van der Waals surface area contributed by atoms with Gasteiger partial charge in [-0.2, -0.15) is 0 Å². The van der Waals surface area contributed by atoms with Crippen molar-refractivity contribution in [2.75, 3.05) is 44.2 Å². The highest BCUT2D eigenvalue weighted by Gasteiger charge is 2.20. The highest BCUT2D eigenvalue weighted by molar-refractivity contribution is 6.30. The Labute approximate surface area is 119 Å². The van der Waals surface area contributed by atoms with Crippen LogP contribution >= 0.6 is 11.6 Å². The molecular weight excluding hydrogens is 262 g/mol. The van der Waals surface area contributed by atoms with Crippen molar-refractivity contribution < 1.29 is 4.79 Å². The number of piperazine rings is 1. The summed E-state index contributed by atoms with van der Waals surface area (Å²) in [6.45, 7) is 6.60. The Hall–Kier alpha value is -1.26. The van der Waals surface area contributed by atoms with E-state index in [1.54, 1.807) is 0 Å². The van der Waals surface area contributed by atoms with Gasteiger partial charge in [-0.3, -0.25) is 4.79 Å². The zero-order chi connectivity index (χ0) is 13.7. The molecular formula is C14H20ClN3O. The lowest BCUT2D eigenvalue weighted by atomic mass is 10.2. The molecule has 0 saturated carbocycles. The van der Waals surface area contributed by atoms with Crippen LogP contribution in [-0.4, -0.2) is 50.1 Å². The van der Waals surface area contributed by atoms with Crippen molar-refractivity contribution in [2.45, 2.75) is 6.92 Å². The first-order valence-electron chi connectivity index (χ1n) is 6.69. The Morgan fingerprint density at radius 2 is 1.84 bits per heavy atom. The molecule has 1 aromatic rings. The predicted octanol–water partition coefficient (Wildman–Crippen LogP) is 1.60. The summed E-state index contributed by atoms with van der Waals surface area (Å²) in [5.41, 5.74) is 1.17. The van der Waals surface area contributed by atoms with Crippen LogP contribution in [0.4, 0.5) is 5.69 Å². The lowest BCUT2D eigenvalue weighted by Gasteiger charge is -2.36. The van der Waals surface area contributed by atoms with Gasteiger partial charge in [0.2, 0.25) is 5.91 Å². The quantitative estimate of drug-likeness (QED) is 0.911. The largest absolute Gasteiger partial charge is 0.368 e. The molecule has 0 unspecified atom stereocenters. The topological polar surface area (TPSA) is 35.6 Å². The Morgan fingerprint density at radius 1 is 1.21 bits per heavy atom. The molecule has 1 heterocycles. The zero-order valence-corrected chi connectivity index (χ0v) is 12.0. The van der Waals surface area contributed by atoms with Crippen molar-refractivity contribution in [3.8, 4) is 0 Å². The summed E-state index contributed by atoms with van der Waals surface area (Å²) in [6.07, 6.45) is 0. The number of likely N-dealkylation sites (N-methyl/N-ethyl adjacent to an activating group) is 1. The molecule has 0 bridgehead atoms. The van der Waals surface area contributed by atoms with Crippen LogP contribution in [0.2, 0.25) is 5.02 Å². The maximum absolute atomic E-state index is 11.9. The molecule has 0 radical (unpaired) electrons. The monoisotopic (exact) mass is 281 g/mol. The Balaban J connectivity index is 1.85. The van der Waals surface area contributed by atoms with Crippen LogP contribution in [0.3, 0.4) is 0 Å². The van der Waals surface area contributed by atoms with Crippen LogP contribution in [0.25, 0.3) is 0 Å². The van der Waals surface area contributed by atoms with Gasteiger partial charge >= 0.3 is 0 Å². The number of hydrogen-bond acceptors (Lipinski definition) is 3. The van der Waals surface area contributed by atoms with Crippen molar-refractivity contribution in [1.82, 2.24) is 10.2 Å². The summed E-state index contributed by atoms with van der Waals surface area (Å²) in [5.74, 6) is 0.192. The van der Waals surface area contributed by atoms with Crippen LogP contribution < -0.4 is 10.2 Å². The SMILES string of the molecule is CCNCC(=O)N1CCN(c2ccc(Cl)cc2)CC1. The number of amides is 1. The zero-order valence-electron chi connectivity index (χ0n) is 11.2. The molecule has 1 aliphatic heterocycles. The molecule has 0 atom stereocenters. The Bertz CT molecular complexity index is 413. The van der Waals surface area contributed by atoms with Gasteiger partial charge in [0.1, 0.15) is 0 Å². The molecule has 0 spiro atoms. The molecule has 1 aromatic carbocycles. The summed E-state index contributed by atoms with van der Waals surface area (Å²) in [6, 6.07) is 7.86. The lowest BCUT2D eigenvalue weighted by molar-refractivity contribution is -0.130. The van der Waals surface area contributed by atoms with Gasteiger partial charge in [0.25, 0.3) is 0 Å². The van der Waals surface area contributed by atoms with Crippen LogP contribution in [0.1, 0.15) is 6.92 Å². The molecule has 2 rings (SSSR count). The molecule has 1 aliphatic rings. The summed E-state index contributed by atoms with van der Waals surface area (Å²) in [5, 5.41) is 3.83. The number of nitrogens with one attached hydrogen (secondary N) is 1. The number of anilines is 1. The average molecular weight is 282 g/mol. The second-order valence-electron chi connectivity index (χ2n) is 4.62. The van der Waals surface area contributed by atoms with Crippen LogP contribution in [0, 0.1) is 0 Å². The molecule has 0 aliphatic carbocycles. The molecule has 19 heavy (non-hydrogen) atoms. The van der Waals surface area contributed by atoms with Gasteiger partial charge in [-0.25, -0.2) is 0 Å². The second-order valence-corrected chi connectivity index (χ2v) is 5.06. The average Bonchev–Trinajstić information content (AvgIpc) is 2.46. The number of rotatable bonds is 4. The number of halogens is 1. The van der Waals surface area contributed by atoms with Gasteiger partial charge in [0.05, 0.1) is 6.54 Å². The first-order chi connectivity index (χ1) is 9.20. The van der Waals surface area contributed by atoms with Gasteiger partial charge in [0, 0.05) is 36.9 Å². The molecule has 5 heteroatoms. The Kier molecular flexibility index (Phi) is 5.05. The number of hydrogen-bond donors (Lipinski definition) is 1. The van der Waals surface area contributed by atoms with E-state index in [9.17, 15) is 4.79 Å². The summed E-state index contributed by atoms with van der Waals surface area (Å²) >= 11 is 5.89. The molecule has 0 aromatic heterocycles.